The summed E-state index contributed by atoms with van der Waals surface area (Å²) in [5.41, 5.74) is 0. The van der Waals surface area contributed by atoms with Gasteiger partial charge < -0.3 is 15.1 Å². The molecular formula is C12H25N3O. The number of hydrogen-bond acceptors (Lipinski definition) is 2. The van der Waals surface area contributed by atoms with Crippen LogP contribution in [0, 0.1) is 5.92 Å². The number of amides is 2. The molecule has 94 valence electrons. The molecule has 0 aliphatic carbocycles. The molecule has 0 aromatic rings. The first kappa shape index (κ1) is 13.3. The molecule has 1 unspecified atom stereocenters. The van der Waals surface area contributed by atoms with E-state index in [1.165, 1.54) is 0 Å². The van der Waals surface area contributed by atoms with Crippen molar-refractivity contribution in [2.24, 2.45) is 5.92 Å². The molecule has 1 aliphatic heterocycles. The van der Waals surface area contributed by atoms with Gasteiger partial charge in [-0.05, 0) is 39.8 Å². The second kappa shape index (κ2) is 6.09. The highest BCUT2D eigenvalue weighted by atomic mass is 16.2. The standard InChI is InChI=1S/C12H25N3O/c1-5-14(4)8-11-6-7-15(9-11)12(16)13-10(2)3/h10-11H,5-9H2,1-4H3,(H,13,16). The van der Waals surface area contributed by atoms with Gasteiger partial charge in [-0.2, -0.15) is 0 Å². The van der Waals surface area contributed by atoms with Crippen LogP contribution in [0.15, 0.2) is 0 Å². The highest BCUT2D eigenvalue weighted by molar-refractivity contribution is 5.74. The molecule has 4 nitrogen and oxygen atoms in total. The Morgan fingerprint density at radius 1 is 1.56 bits per heavy atom. The lowest BCUT2D eigenvalue weighted by Gasteiger charge is -2.21. The van der Waals surface area contributed by atoms with E-state index in [4.69, 9.17) is 0 Å². The first-order chi connectivity index (χ1) is 7.52. The largest absolute Gasteiger partial charge is 0.336 e. The molecule has 0 bridgehead atoms. The monoisotopic (exact) mass is 227 g/mol. The van der Waals surface area contributed by atoms with Gasteiger partial charge >= 0.3 is 6.03 Å². The zero-order chi connectivity index (χ0) is 12.1. The fraction of sp³-hybridized carbons (Fsp3) is 0.917. The van der Waals surface area contributed by atoms with Gasteiger partial charge in [0.25, 0.3) is 0 Å². The zero-order valence-electron chi connectivity index (χ0n) is 11.0. The number of hydrogen-bond donors (Lipinski definition) is 1. The normalized spacial score (nSPS) is 20.9. The molecule has 4 heteroatoms. The zero-order valence-corrected chi connectivity index (χ0v) is 11.0. The minimum atomic E-state index is 0.0941. The van der Waals surface area contributed by atoms with Gasteiger partial charge in [-0.15, -0.1) is 0 Å². The van der Waals surface area contributed by atoms with Gasteiger partial charge in [0, 0.05) is 25.7 Å². The lowest BCUT2D eigenvalue weighted by molar-refractivity contribution is 0.202. The number of rotatable bonds is 4. The Bertz CT molecular complexity index is 230. The Kier molecular flexibility index (Phi) is 5.06. The molecule has 16 heavy (non-hydrogen) atoms. The summed E-state index contributed by atoms with van der Waals surface area (Å²) in [7, 11) is 2.14. The molecular weight excluding hydrogens is 202 g/mol. The number of likely N-dealkylation sites (tertiary alicyclic amines) is 1. The molecule has 1 saturated heterocycles. The molecule has 0 aromatic heterocycles. The first-order valence-electron chi connectivity index (χ1n) is 6.27. The highest BCUT2D eigenvalue weighted by Gasteiger charge is 2.26. The van der Waals surface area contributed by atoms with Crippen molar-refractivity contribution in [1.29, 1.82) is 0 Å². The van der Waals surface area contributed by atoms with E-state index in [0.717, 1.165) is 32.6 Å². The summed E-state index contributed by atoms with van der Waals surface area (Å²) in [5, 5.41) is 2.95. The van der Waals surface area contributed by atoms with Crippen LogP contribution in [-0.4, -0.2) is 55.1 Å². The van der Waals surface area contributed by atoms with Crippen molar-refractivity contribution >= 4 is 6.03 Å². The van der Waals surface area contributed by atoms with Gasteiger partial charge in [0.15, 0.2) is 0 Å². The third-order valence-corrected chi connectivity index (χ3v) is 3.09. The van der Waals surface area contributed by atoms with Crippen LogP contribution in [-0.2, 0) is 0 Å². The molecule has 1 aliphatic rings. The Morgan fingerprint density at radius 3 is 2.81 bits per heavy atom. The number of carbonyl (C=O) groups is 1. The van der Waals surface area contributed by atoms with Crippen LogP contribution in [0.4, 0.5) is 4.79 Å². The van der Waals surface area contributed by atoms with Crippen LogP contribution < -0.4 is 5.32 Å². The smallest absolute Gasteiger partial charge is 0.317 e. The Morgan fingerprint density at radius 2 is 2.25 bits per heavy atom. The number of urea groups is 1. The van der Waals surface area contributed by atoms with Gasteiger partial charge in [-0.25, -0.2) is 4.79 Å². The van der Waals surface area contributed by atoms with Crippen molar-refractivity contribution in [2.45, 2.75) is 33.2 Å². The molecule has 0 spiro atoms. The molecule has 0 saturated carbocycles. The number of nitrogens with one attached hydrogen (secondary N) is 1. The SMILES string of the molecule is CCN(C)CC1CCN(C(=O)NC(C)C)C1. The van der Waals surface area contributed by atoms with E-state index in [-0.39, 0.29) is 12.1 Å². The maximum Gasteiger partial charge on any atom is 0.317 e. The van der Waals surface area contributed by atoms with Crippen molar-refractivity contribution in [1.82, 2.24) is 15.1 Å². The quantitative estimate of drug-likeness (QED) is 0.787. The first-order valence-corrected chi connectivity index (χ1v) is 6.27. The third kappa shape index (κ3) is 4.00. The summed E-state index contributed by atoms with van der Waals surface area (Å²) in [4.78, 5) is 16.0. The van der Waals surface area contributed by atoms with Crippen molar-refractivity contribution in [3.8, 4) is 0 Å². The summed E-state index contributed by atoms with van der Waals surface area (Å²) in [6.07, 6.45) is 1.13. The van der Waals surface area contributed by atoms with Gasteiger partial charge in [0.05, 0.1) is 0 Å². The molecule has 1 atom stereocenters. The summed E-state index contributed by atoms with van der Waals surface area (Å²) in [6, 6.07) is 0.321. The Labute approximate surface area is 99.0 Å². The van der Waals surface area contributed by atoms with E-state index in [0.29, 0.717) is 5.92 Å². The molecule has 1 fully saturated rings. The highest BCUT2D eigenvalue weighted by Crippen LogP contribution is 2.17. The summed E-state index contributed by atoms with van der Waals surface area (Å²) >= 11 is 0. The average Bonchev–Trinajstić information content (AvgIpc) is 2.65. The second-order valence-electron chi connectivity index (χ2n) is 5.06. The van der Waals surface area contributed by atoms with Crippen molar-refractivity contribution in [2.75, 3.05) is 33.2 Å². The van der Waals surface area contributed by atoms with E-state index < -0.39 is 0 Å². The third-order valence-electron chi connectivity index (χ3n) is 3.09. The fourth-order valence-electron chi connectivity index (χ4n) is 2.07. The van der Waals surface area contributed by atoms with Crippen LogP contribution in [0.1, 0.15) is 27.2 Å². The van der Waals surface area contributed by atoms with Crippen LogP contribution in [0.3, 0.4) is 0 Å². The van der Waals surface area contributed by atoms with Gasteiger partial charge in [-0.1, -0.05) is 6.92 Å². The summed E-state index contributed by atoms with van der Waals surface area (Å²) in [5.74, 6) is 0.642. The van der Waals surface area contributed by atoms with Gasteiger partial charge in [0.1, 0.15) is 0 Å². The van der Waals surface area contributed by atoms with E-state index in [2.05, 4.69) is 24.2 Å². The Hall–Kier alpha value is -0.770. The topological polar surface area (TPSA) is 35.6 Å². The summed E-state index contributed by atoms with van der Waals surface area (Å²) < 4.78 is 0. The molecule has 0 aromatic carbocycles. The molecule has 1 N–H and O–H groups in total. The molecule has 0 radical (unpaired) electrons. The van der Waals surface area contributed by atoms with Crippen LogP contribution in [0.5, 0.6) is 0 Å². The minimum Gasteiger partial charge on any atom is -0.336 e. The van der Waals surface area contributed by atoms with E-state index in [9.17, 15) is 4.79 Å². The maximum absolute atomic E-state index is 11.8. The lowest BCUT2D eigenvalue weighted by atomic mass is 10.1. The maximum atomic E-state index is 11.8. The predicted octanol–water partition coefficient (Wildman–Crippen LogP) is 1.38. The van der Waals surface area contributed by atoms with Crippen LogP contribution in [0.2, 0.25) is 0 Å². The van der Waals surface area contributed by atoms with Crippen molar-refractivity contribution < 1.29 is 4.79 Å². The van der Waals surface area contributed by atoms with Crippen LogP contribution >= 0.6 is 0 Å². The summed E-state index contributed by atoms with van der Waals surface area (Å²) in [6.45, 7) is 10.1. The van der Waals surface area contributed by atoms with Gasteiger partial charge in [-0.3, -0.25) is 0 Å². The molecule has 1 heterocycles. The van der Waals surface area contributed by atoms with Crippen LogP contribution in [0.25, 0.3) is 0 Å². The van der Waals surface area contributed by atoms with Gasteiger partial charge in [0.2, 0.25) is 0 Å². The van der Waals surface area contributed by atoms with E-state index >= 15 is 0 Å². The van der Waals surface area contributed by atoms with E-state index in [1.807, 2.05) is 18.7 Å². The Balaban J connectivity index is 2.31. The minimum absolute atomic E-state index is 0.0941. The second-order valence-corrected chi connectivity index (χ2v) is 5.06. The average molecular weight is 227 g/mol. The van der Waals surface area contributed by atoms with Crippen molar-refractivity contribution in [3.05, 3.63) is 0 Å². The predicted molar refractivity (Wildman–Crippen MR) is 66.5 cm³/mol. The lowest BCUT2D eigenvalue weighted by Crippen LogP contribution is -2.42. The number of nitrogens with zero attached hydrogens (tertiary/aromatic N) is 2. The molecule has 2 amide bonds. The fourth-order valence-corrected chi connectivity index (χ4v) is 2.07. The number of carbonyl (C=O) groups excluding carboxylic acids is 1. The molecule has 1 rings (SSSR count). The van der Waals surface area contributed by atoms with Crippen molar-refractivity contribution in [3.63, 3.8) is 0 Å². The van der Waals surface area contributed by atoms with E-state index in [1.54, 1.807) is 0 Å².